The number of nitrogens with zero attached hydrogens (tertiary/aromatic N) is 2. The van der Waals surface area contributed by atoms with Gasteiger partial charge in [-0.15, -0.1) is 0 Å². The van der Waals surface area contributed by atoms with Crippen molar-refractivity contribution in [2.24, 2.45) is 5.14 Å². The van der Waals surface area contributed by atoms with Gasteiger partial charge in [-0.1, -0.05) is 13.8 Å². The number of rotatable bonds is 5. The first-order valence-corrected chi connectivity index (χ1v) is 8.25. The molecular formula is C12H21N3O3S. The Kier molecular flexibility index (Phi) is 4.27. The lowest BCUT2D eigenvalue weighted by molar-refractivity contribution is 0.0931. The Morgan fingerprint density at radius 3 is 2.63 bits per heavy atom. The molecule has 0 bridgehead atoms. The largest absolute Gasteiger partial charge is 0.376 e. The Balaban J connectivity index is 2.41. The number of ether oxygens (including phenoxy) is 1. The van der Waals surface area contributed by atoms with Crippen LogP contribution < -0.4 is 5.14 Å². The summed E-state index contributed by atoms with van der Waals surface area (Å²) in [4.78, 5) is 0.204. The van der Waals surface area contributed by atoms with Crippen molar-refractivity contribution in [2.45, 2.75) is 57.1 Å². The van der Waals surface area contributed by atoms with Crippen LogP contribution in [0.4, 0.5) is 0 Å². The third kappa shape index (κ3) is 2.98. The van der Waals surface area contributed by atoms with Crippen LogP contribution in [0.25, 0.3) is 0 Å². The fourth-order valence-electron chi connectivity index (χ4n) is 2.57. The molecule has 19 heavy (non-hydrogen) atoms. The highest BCUT2D eigenvalue weighted by molar-refractivity contribution is 7.89. The van der Waals surface area contributed by atoms with E-state index in [9.17, 15) is 8.42 Å². The standard InChI is InChI=1S/C12H21N3O3S/c1-3-10-12(19(13,16)17)11(4-2)15(14-10)8-9-6-5-7-18-9/h9H,3-8H2,1-2H3,(H2,13,16,17). The van der Waals surface area contributed by atoms with Crippen LogP contribution in [0.15, 0.2) is 4.90 Å². The Morgan fingerprint density at radius 2 is 2.16 bits per heavy atom. The molecule has 1 aromatic heterocycles. The SMILES string of the molecule is CCc1nn(CC2CCCO2)c(CC)c1S(N)(=O)=O. The quantitative estimate of drug-likeness (QED) is 0.869. The van der Waals surface area contributed by atoms with Crippen LogP contribution in [0.3, 0.4) is 0 Å². The molecule has 1 atom stereocenters. The Morgan fingerprint density at radius 1 is 1.42 bits per heavy atom. The highest BCUT2D eigenvalue weighted by Gasteiger charge is 2.26. The van der Waals surface area contributed by atoms with E-state index in [-0.39, 0.29) is 11.0 Å². The molecule has 1 aliphatic heterocycles. The molecule has 2 rings (SSSR count). The molecule has 7 heteroatoms. The minimum Gasteiger partial charge on any atom is -0.376 e. The van der Waals surface area contributed by atoms with Crippen LogP contribution in [-0.4, -0.2) is 30.9 Å². The van der Waals surface area contributed by atoms with Crippen LogP contribution in [0, 0.1) is 0 Å². The number of primary sulfonamides is 1. The van der Waals surface area contributed by atoms with Gasteiger partial charge in [0.05, 0.1) is 24.0 Å². The van der Waals surface area contributed by atoms with Gasteiger partial charge in [0.15, 0.2) is 0 Å². The molecule has 2 heterocycles. The number of aromatic nitrogens is 2. The number of hydrogen-bond donors (Lipinski definition) is 1. The molecule has 1 aromatic rings. The van der Waals surface area contributed by atoms with Crippen molar-refractivity contribution >= 4 is 10.0 Å². The molecule has 0 radical (unpaired) electrons. The first kappa shape index (κ1) is 14.5. The van der Waals surface area contributed by atoms with Crippen LogP contribution in [0.1, 0.15) is 38.1 Å². The first-order valence-electron chi connectivity index (χ1n) is 6.70. The number of hydrogen-bond acceptors (Lipinski definition) is 4. The molecule has 0 spiro atoms. The zero-order chi connectivity index (χ0) is 14.0. The molecular weight excluding hydrogens is 266 g/mol. The summed E-state index contributed by atoms with van der Waals surface area (Å²) in [5.41, 5.74) is 1.24. The molecule has 108 valence electrons. The van der Waals surface area contributed by atoms with Gasteiger partial charge in [0.2, 0.25) is 10.0 Å². The zero-order valence-corrected chi connectivity index (χ0v) is 12.2. The smallest absolute Gasteiger partial charge is 0.241 e. The van der Waals surface area contributed by atoms with Gasteiger partial charge in [0, 0.05) is 6.61 Å². The van der Waals surface area contributed by atoms with E-state index in [2.05, 4.69) is 5.10 Å². The van der Waals surface area contributed by atoms with Gasteiger partial charge in [-0.2, -0.15) is 5.10 Å². The van der Waals surface area contributed by atoms with E-state index in [4.69, 9.17) is 9.88 Å². The van der Waals surface area contributed by atoms with Crippen LogP contribution >= 0.6 is 0 Å². The van der Waals surface area contributed by atoms with E-state index >= 15 is 0 Å². The van der Waals surface area contributed by atoms with Gasteiger partial charge >= 0.3 is 0 Å². The molecule has 2 N–H and O–H groups in total. The lowest BCUT2D eigenvalue weighted by Gasteiger charge is -2.12. The highest BCUT2D eigenvalue weighted by atomic mass is 32.2. The van der Waals surface area contributed by atoms with Gasteiger partial charge in [-0.25, -0.2) is 13.6 Å². The molecule has 6 nitrogen and oxygen atoms in total. The first-order chi connectivity index (χ1) is 8.97. The summed E-state index contributed by atoms with van der Waals surface area (Å²) < 4.78 is 30.8. The molecule has 1 unspecified atom stereocenters. The van der Waals surface area contributed by atoms with Crippen molar-refractivity contribution in [1.29, 1.82) is 0 Å². The summed E-state index contributed by atoms with van der Waals surface area (Å²) in [5.74, 6) is 0. The predicted molar refractivity (Wildman–Crippen MR) is 71.3 cm³/mol. The number of aryl methyl sites for hydroxylation is 1. The van der Waals surface area contributed by atoms with E-state index in [1.54, 1.807) is 4.68 Å². The predicted octanol–water partition coefficient (Wildman–Crippen LogP) is 0.834. The van der Waals surface area contributed by atoms with Crippen molar-refractivity contribution in [3.05, 3.63) is 11.4 Å². The molecule has 1 fully saturated rings. The minimum atomic E-state index is -3.73. The van der Waals surface area contributed by atoms with Gasteiger partial charge in [-0.05, 0) is 25.7 Å². The third-order valence-corrected chi connectivity index (χ3v) is 4.47. The van der Waals surface area contributed by atoms with E-state index in [1.165, 1.54) is 0 Å². The topological polar surface area (TPSA) is 87.2 Å². The number of nitrogens with two attached hydrogens (primary N) is 1. The van der Waals surface area contributed by atoms with Crippen molar-refractivity contribution in [3.63, 3.8) is 0 Å². The van der Waals surface area contributed by atoms with E-state index in [1.807, 2.05) is 13.8 Å². The molecule has 0 aliphatic carbocycles. The van der Waals surface area contributed by atoms with Crippen molar-refractivity contribution in [3.8, 4) is 0 Å². The Hall–Kier alpha value is -0.920. The normalized spacial score (nSPS) is 20.1. The Bertz CT molecular complexity index is 545. The fraction of sp³-hybridized carbons (Fsp3) is 0.750. The Labute approximate surface area is 114 Å². The van der Waals surface area contributed by atoms with Gasteiger partial charge in [0.1, 0.15) is 4.90 Å². The second kappa shape index (κ2) is 5.60. The zero-order valence-electron chi connectivity index (χ0n) is 11.4. The van der Waals surface area contributed by atoms with Crippen molar-refractivity contribution < 1.29 is 13.2 Å². The van der Waals surface area contributed by atoms with Crippen molar-refractivity contribution in [1.82, 2.24) is 9.78 Å². The molecule has 1 aliphatic rings. The molecule has 0 saturated carbocycles. The minimum absolute atomic E-state index is 0.128. The van der Waals surface area contributed by atoms with Gasteiger partial charge < -0.3 is 4.74 Å². The average molecular weight is 287 g/mol. The van der Waals surface area contributed by atoms with Gasteiger partial charge in [0.25, 0.3) is 0 Å². The van der Waals surface area contributed by atoms with Crippen LogP contribution in [0.2, 0.25) is 0 Å². The summed E-state index contributed by atoms with van der Waals surface area (Å²) in [6.07, 6.45) is 3.32. The summed E-state index contributed by atoms with van der Waals surface area (Å²) in [7, 11) is -3.73. The fourth-order valence-corrected chi connectivity index (χ4v) is 3.66. The average Bonchev–Trinajstić information content (AvgIpc) is 2.95. The summed E-state index contributed by atoms with van der Waals surface area (Å²) in [5, 5.41) is 9.73. The van der Waals surface area contributed by atoms with E-state index in [0.717, 1.165) is 19.4 Å². The molecule has 0 amide bonds. The summed E-state index contributed by atoms with van der Waals surface area (Å²) in [6.45, 7) is 5.17. The monoisotopic (exact) mass is 287 g/mol. The highest BCUT2D eigenvalue weighted by Crippen LogP contribution is 2.23. The van der Waals surface area contributed by atoms with Crippen LogP contribution in [0.5, 0.6) is 0 Å². The maximum atomic E-state index is 11.7. The lowest BCUT2D eigenvalue weighted by Crippen LogP contribution is -2.19. The second-order valence-electron chi connectivity index (χ2n) is 4.79. The summed E-state index contributed by atoms with van der Waals surface area (Å²) in [6, 6.07) is 0. The van der Waals surface area contributed by atoms with E-state index in [0.29, 0.717) is 30.8 Å². The molecule has 1 saturated heterocycles. The second-order valence-corrected chi connectivity index (χ2v) is 6.29. The third-order valence-electron chi connectivity index (χ3n) is 3.43. The summed E-state index contributed by atoms with van der Waals surface area (Å²) >= 11 is 0. The van der Waals surface area contributed by atoms with E-state index < -0.39 is 10.0 Å². The number of sulfonamides is 1. The lowest BCUT2D eigenvalue weighted by atomic mass is 10.2. The molecule has 0 aromatic carbocycles. The van der Waals surface area contributed by atoms with Crippen LogP contribution in [-0.2, 0) is 34.1 Å². The maximum absolute atomic E-state index is 11.7. The van der Waals surface area contributed by atoms with Gasteiger partial charge in [-0.3, -0.25) is 4.68 Å². The van der Waals surface area contributed by atoms with Crippen molar-refractivity contribution in [2.75, 3.05) is 6.61 Å². The maximum Gasteiger partial charge on any atom is 0.241 e.